The molecule has 0 N–H and O–H groups in total. The van der Waals surface area contributed by atoms with Crippen LogP contribution in [0.15, 0.2) is 102 Å². The quantitative estimate of drug-likeness (QED) is 0.129. The van der Waals surface area contributed by atoms with Gasteiger partial charge in [0.25, 0.3) is 0 Å². The molecule has 0 aliphatic carbocycles. The van der Waals surface area contributed by atoms with Crippen LogP contribution in [0.4, 0.5) is 0 Å². The average Bonchev–Trinajstić information content (AvgIpc) is 3.62. The molecule has 4 nitrogen and oxygen atoms in total. The predicted molar refractivity (Wildman–Crippen MR) is 192 cm³/mol. The van der Waals surface area contributed by atoms with Gasteiger partial charge in [0, 0.05) is 41.0 Å². The van der Waals surface area contributed by atoms with Crippen LogP contribution in [0.25, 0.3) is 55.6 Å². The third kappa shape index (κ3) is 6.95. The smallest absolute Gasteiger partial charge is 0.120 e. The van der Waals surface area contributed by atoms with Crippen LogP contribution in [0.3, 0.4) is 0 Å². The molecule has 4 aromatic carbocycles. The molecule has 1 radical (unpaired) electrons. The zero-order chi connectivity index (χ0) is 33.6. The number of furan rings is 1. The number of fused-ring (bicyclic) bond motifs is 4. The van der Waals surface area contributed by atoms with E-state index in [0.29, 0.717) is 0 Å². The normalized spacial score (nSPS) is 12.8. The summed E-state index contributed by atoms with van der Waals surface area (Å²) in [5.41, 5.74) is 6.79. The van der Waals surface area contributed by atoms with E-state index in [9.17, 15) is 0 Å². The molecule has 0 amide bonds. The zero-order valence-electron chi connectivity index (χ0n) is 29.5. The van der Waals surface area contributed by atoms with Gasteiger partial charge in [-0.2, -0.15) is 0 Å². The fourth-order valence-corrected chi connectivity index (χ4v) is 7.10. The number of hydrogen-bond acceptors (Lipinski definition) is 3. The summed E-state index contributed by atoms with van der Waals surface area (Å²) in [6, 6.07) is 36.5. The predicted octanol–water partition coefficient (Wildman–Crippen LogP) is 10.1. The number of para-hydroxylation sites is 3. The fraction of sp³-hybridized carbons (Fsp3) is 0.250. The maximum Gasteiger partial charge on any atom is 0.120 e. The topological polar surface area (TPSA) is 43.9 Å². The third-order valence-corrected chi connectivity index (χ3v) is 9.75. The molecular formula is C40H41IrN3OSi-2. The molecule has 0 fully saturated rings. The van der Waals surface area contributed by atoms with Gasteiger partial charge in [0.1, 0.15) is 5.58 Å². The van der Waals surface area contributed by atoms with E-state index in [2.05, 4.69) is 66.4 Å². The molecular weight excluding hydrogens is 759 g/mol. The van der Waals surface area contributed by atoms with Gasteiger partial charge < -0.3 is 14.0 Å². The van der Waals surface area contributed by atoms with Gasteiger partial charge in [-0.05, 0) is 47.8 Å². The van der Waals surface area contributed by atoms with E-state index in [0.717, 1.165) is 72.9 Å². The van der Waals surface area contributed by atoms with Gasteiger partial charge in [0.05, 0.1) is 30.5 Å². The van der Waals surface area contributed by atoms with E-state index in [1.807, 2.05) is 99.8 Å². The second kappa shape index (κ2) is 13.5. The van der Waals surface area contributed by atoms with Crippen molar-refractivity contribution in [3.8, 4) is 22.6 Å². The van der Waals surface area contributed by atoms with Crippen molar-refractivity contribution < 1.29 is 27.3 Å². The van der Waals surface area contributed by atoms with Crippen LogP contribution in [0, 0.1) is 17.5 Å². The Bertz CT molecular complexity index is 2190. The second-order valence-corrected chi connectivity index (χ2v) is 18.4. The number of rotatable bonds is 5. The average molecular weight is 802 g/mol. The Morgan fingerprint density at radius 2 is 1.63 bits per heavy atom. The summed E-state index contributed by atoms with van der Waals surface area (Å²) in [6.07, 6.45) is 0.469. The molecule has 0 spiro atoms. The van der Waals surface area contributed by atoms with Crippen LogP contribution in [0.5, 0.6) is 0 Å². The Morgan fingerprint density at radius 3 is 2.35 bits per heavy atom. The summed E-state index contributed by atoms with van der Waals surface area (Å²) < 4.78 is 25.9. The summed E-state index contributed by atoms with van der Waals surface area (Å²) >= 11 is 0. The number of nitrogens with zero attached hydrogens (tertiary/aromatic N) is 3. The van der Waals surface area contributed by atoms with Crippen molar-refractivity contribution in [2.24, 2.45) is 5.41 Å². The zero-order valence-corrected chi connectivity index (χ0v) is 30.9. The minimum Gasteiger partial charge on any atom is -0.501 e. The monoisotopic (exact) mass is 802 g/mol. The molecule has 0 unspecified atom stereocenters. The summed E-state index contributed by atoms with van der Waals surface area (Å²) in [5, 5.41) is 3.33. The Labute approximate surface area is 290 Å². The molecule has 0 bridgehead atoms. The minimum atomic E-state index is -1.70. The van der Waals surface area contributed by atoms with E-state index in [1.54, 1.807) is 0 Å². The molecule has 0 aliphatic rings. The van der Waals surface area contributed by atoms with Crippen molar-refractivity contribution in [1.29, 1.82) is 0 Å². The first-order valence-corrected chi connectivity index (χ1v) is 19.1. The molecule has 237 valence electrons. The van der Waals surface area contributed by atoms with E-state index in [1.165, 1.54) is 0 Å². The molecule has 0 aliphatic heterocycles. The Hall–Kier alpha value is -3.83. The van der Waals surface area contributed by atoms with Crippen molar-refractivity contribution in [2.75, 3.05) is 0 Å². The summed E-state index contributed by atoms with van der Waals surface area (Å²) in [7, 11) is -1.70. The molecule has 7 rings (SSSR count). The molecule has 0 atom stereocenters. The van der Waals surface area contributed by atoms with Gasteiger partial charge in [-0.3, -0.25) is 4.98 Å². The molecule has 7 aromatic rings. The van der Waals surface area contributed by atoms with Crippen LogP contribution in [-0.4, -0.2) is 22.6 Å². The number of hydrogen-bond donors (Lipinski definition) is 0. The van der Waals surface area contributed by atoms with Crippen LogP contribution in [0.1, 0.15) is 36.0 Å². The maximum atomic E-state index is 8.75. The van der Waals surface area contributed by atoms with Crippen molar-refractivity contribution in [2.45, 2.75) is 60.3 Å². The van der Waals surface area contributed by atoms with E-state index in [-0.39, 0.29) is 20.1 Å². The second-order valence-electron chi connectivity index (χ2n) is 13.4. The van der Waals surface area contributed by atoms with Crippen LogP contribution >= 0.6 is 0 Å². The van der Waals surface area contributed by atoms with Gasteiger partial charge in [-0.15, -0.1) is 54.1 Å². The standard InChI is InChI=1S/C21H15N2O.C19H26NSi.Ir/c1-2-23-18-12-5-4-11-17(18)22-21(23)16-10-7-9-15-14-8-3-6-13-19(14)24-20(15)16;1-19(2,3)13-16-12-17(15-10-8-7-9-11-15)20-14-18(16)21(4,5)6;/h3-9,11-13H,2H2,1H3;7-10,12,14H,13H2,1-6H3;/q2*-1;/i;13D2;. The maximum absolute atomic E-state index is 8.75. The number of benzene rings is 4. The number of aryl methyl sites for hydroxylation is 1. The van der Waals surface area contributed by atoms with Gasteiger partial charge >= 0.3 is 0 Å². The van der Waals surface area contributed by atoms with Crippen molar-refractivity contribution in [1.82, 2.24) is 14.5 Å². The number of imidazole rings is 1. The summed E-state index contributed by atoms with van der Waals surface area (Å²) in [4.78, 5) is 9.45. The van der Waals surface area contributed by atoms with Gasteiger partial charge in [0.2, 0.25) is 0 Å². The number of aromatic nitrogens is 3. The minimum absolute atomic E-state index is 0. The van der Waals surface area contributed by atoms with Gasteiger partial charge in [-0.1, -0.05) is 93.3 Å². The third-order valence-electron chi connectivity index (χ3n) is 7.74. The summed E-state index contributed by atoms with van der Waals surface area (Å²) in [5.74, 6) is 0.906. The SMILES string of the molecule is CCn1c(-c2[c-]ccc3c2oc2ccccc23)nc2ccccc21.[2H]C([2H])(c1cc(-c2[c-]cccc2)ncc1[Si](C)(C)C)C(C)(C)C.[Ir]. The van der Waals surface area contributed by atoms with Crippen molar-refractivity contribution >= 4 is 46.2 Å². The molecule has 0 saturated heterocycles. The largest absolute Gasteiger partial charge is 0.501 e. The van der Waals surface area contributed by atoms with Gasteiger partial charge in [-0.25, -0.2) is 0 Å². The Kier molecular flexibility index (Phi) is 9.03. The van der Waals surface area contributed by atoms with E-state index >= 15 is 0 Å². The first kappa shape index (κ1) is 30.8. The van der Waals surface area contributed by atoms with Crippen molar-refractivity contribution in [3.05, 3.63) is 115 Å². The first-order valence-electron chi connectivity index (χ1n) is 16.6. The van der Waals surface area contributed by atoms with E-state index < -0.39 is 19.9 Å². The fourth-order valence-electron chi connectivity index (χ4n) is 5.70. The molecule has 3 heterocycles. The Morgan fingerprint density at radius 1 is 0.891 bits per heavy atom. The van der Waals surface area contributed by atoms with Crippen LogP contribution in [0.2, 0.25) is 19.6 Å². The molecule has 0 saturated carbocycles. The van der Waals surface area contributed by atoms with Crippen molar-refractivity contribution in [3.63, 3.8) is 0 Å². The van der Waals surface area contributed by atoms with Crippen LogP contribution < -0.4 is 5.19 Å². The summed E-state index contributed by atoms with van der Waals surface area (Å²) in [6.45, 7) is 15.6. The first-order chi connectivity index (χ1) is 22.3. The molecule has 46 heavy (non-hydrogen) atoms. The molecule has 6 heteroatoms. The van der Waals surface area contributed by atoms with Crippen LogP contribution in [-0.2, 0) is 33.0 Å². The Balaban J connectivity index is 0.000000184. The molecule has 3 aromatic heterocycles. The van der Waals surface area contributed by atoms with Gasteiger partial charge in [0.15, 0.2) is 0 Å². The van der Waals surface area contributed by atoms with E-state index in [4.69, 9.17) is 12.1 Å². The number of pyridine rings is 1.